The van der Waals surface area contributed by atoms with E-state index in [4.69, 9.17) is 0 Å². The monoisotopic (exact) mass is 334 g/mol. The van der Waals surface area contributed by atoms with Crippen LogP contribution in [-0.2, 0) is 22.6 Å². The lowest BCUT2D eigenvalue weighted by Crippen LogP contribution is -3.11. The molecule has 1 unspecified atom stereocenters. The van der Waals surface area contributed by atoms with Crippen molar-refractivity contribution >= 4 is 11.8 Å². The number of aryl methyl sites for hydroxylation is 1. The van der Waals surface area contributed by atoms with Crippen LogP contribution in [0.2, 0.25) is 0 Å². The van der Waals surface area contributed by atoms with Crippen molar-refractivity contribution in [3.63, 3.8) is 0 Å². The van der Waals surface area contributed by atoms with Gasteiger partial charge in [0, 0.05) is 19.1 Å². The number of hydrogen-bond donors (Lipinski definition) is 2. The first kappa shape index (κ1) is 20.2. The maximum Gasteiger partial charge on any atom is 0.277 e. The zero-order valence-electron chi connectivity index (χ0n) is 15.9. The Hall–Kier alpha value is -1.88. The predicted molar refractivity (Wildman–Crippen MR) is 96.8 cm³/mol. The summed E-state index contributed by atoms with van der Waals surface area (Å²) in [5.41, 5.74) is 2.16. The Bertz CT molecular complexity index is 547. The second-order valence-corrected chi connectivity index (χ2v) is 7.53. The molecule has 1 atom stereocenters. The van der Waals surface area contributed by atoms with E-state index in [2.05, 4.69) is 36.5 Å². The Labute approximate surface area is 146 Å². The van der Waals surface area contributed by atoms with Crippen molar-refractivity contribution in [2.75, 3.05) is 27.2 Å². The van der Waals surface area contributed by atoms with Crippen LogP contribution in [0.15, 0.2) is 24.3 Å². The number of carbonyl (C=O) groups excluding carboxylic acids is 2. The van der Waals surface area contributed by atoms with Crippen molar-refractivity contribution in [1.82, 2.24) is 10.2 Å². The van der Waals surface area contributed by atoms with Crippen LogP contribution < -0.4 is 10.2 Å². The van der Waals surface area contributed by atoms with Crippen LogP contribution >= 0.6 is 0 Å². The summed E-state index contributed by atoms with van der Waals surface area (Å²) in [5, 5.41) is 2.92. The molecular formula is C19H32N3O2+. The minimum Gasteiger partial charge on any atom is -0.347 e. The Morgan fingerprint density at radius 1 is 1.08 bits per heavy atom. The number of hydrogen-bond acceptors (Lipinski definition) is 2. The largest absolute Gasteiger partial charge is 0.347 e. The number of nitrogens with zero attached hydrogens (tertiary/aromatic N) is 1. The lowest BCUT2D eigenvalue weighted by Gasteiger charge is -2.23. The first-order valence-electron chi connectivity index (χ1n) is 8.55. The van der Waals surface area contributed by atoms with Crippen LogP contribution in [0, 0.1) is 0 Å². The highest BCUT2D eigenvalue weighted by Crippen LogP contribution is 2.07. The molecule has 0 aliphatic rings. The molecule has 5 nitrogen and oxygen atoms in total. The van der Waals surface area contributed by atoms with Crippen LogP contribution in [0.1, 0.15) is 38.8 Å². The molecule has 24 heavy (non-hydrogen) atoms. The molecule has 0 bridgehead atoms. The Kier molecular flexibility index (Phi) is 7.42. The van der Waals surface area contributed by atoms with Crippen LogP contribution in [-0.4, -0.2) is 49.4 Å². The van der Waals surface area contributed by atoms with E-state index >= 15 is 0 Å². The quantitative estimate of drug-likeness (QED) is 0.769. The van der Waals surface area contributed by atoms with Crippen molar-refractivity contribution < 1.29 is 14.5 Å². The summed E-state index contributed by atoms with van der Waals surface area (Å²) in [6, 6.07) is 8.33. The number of nitrogens with one attached hydrogen (secondary N) is 2. The minimum atomic E-state index is -0.247. The molecule has 1 aromatic rings. The standard InChI is InChI=1S/C19H31N3O2/c1-7-15-8-10-16(11-9-15)12-22(6)18(24)14-21(5)13-17(23)20-19(2,3)4/h8-11H,7,12-14H2,1-6H3,(H,20,23)/p+1. The molecule has 0 aliphatic heterocycles. The van der Waals surface area contributed by atoms with Crippen molar-refractivity contribution in [3.05, 3.63) is 35.4 Å². The molecule has 0 spiro atoms. The van der Waals surface area contributed by atoms with E-state index in [1.165, 1.54) is 5.56 Å². The fourth-order valence-corrected chi connectivity index (χ4v) is 2.43. The zero-order chi connectivity index (χ0) is 18.3. The predicted octanol–water partition coefficient (Wildman–Crippen LogP) is 0.637. The normalized spacial score (nSPS) is 12.6. The number of quaternary nitrogens is 1. The number of amides is 2. The van der Waals surface area contributed by atoms with E-state index in [0.29, 0.717) is 19.6 Å². The maximum absolute atomic E-state index is 12.3. The number of benzene rings is 1. The molecule has 2 amide bonds. The Morgan fingerprint density at radius 2 is 1.62 bits per heavy atom. The summed E-state index contributed by atoms with van der Waals surface area (Å²) in [4.78, 5) is 26.8. The summed E-state index contributed by atoms with van der Waals surface area (Å²) >= 11 is 0. The van der Waals surface area contributed by atoms with E-state index in [9.17, 15) is 9.59 Å². The van der Waals surface area contributed by atoms with E-state index in [-0.39, 0.29) is 17.4 Å². The maximum atomic E-state index is 12.3. The van der Waals surface area contributed by atoms with Gasteiger partial charge in [0.1, 0.15) is 0 Å². The molecule has 0 fully saturated rings. The van der Waals surface area contributed by atoms with Crippen LogP contribution in [0.5, 0.6) is 0 Å². The zero-order valence-corrected chi connectivity index (χ0v) is 15.9. The van der Waals surface area contributed by atoms with Crippen molar-refractivity contribution in [2.45, 2.75) is 46.2 Å². The molecule has 0 aliphatic carbocycles. The van der Waals surface area contributed by atoms with E-state index < -0.39 is 0 Å². The SMILES string of the molecule is CCc1ccc(CN(C)C(=O)C[NH+](C)CC(=O)NC(C)(C)C)cc1. The molecule has 0 saturated heterocycles. The summed E-state index contributed by atoms with van der Waals surface area (Å²) in [5.74, 6) is 0.00114. The van der Waals surface area contributed by atoms with Crippen molar-refractivity contribution in [2.24, 2.45) is 0 Å². The third-order valence-corrected chi connectivity index (χ3v) is 3.71. The molecular weight excluding hydrogens is 302 g/mol. The molecule has 0 aromatic heterocycles. The van der Waals surface area contributed by atoms with E-state index in [1.54, 1.807) is 11.9 Å². The van der Waals surface area contributed by atoms with Gasteiger partial charge in [-0.05, 0) is 38.3 Å². The fraction of sp³-hybridized carbons (Fsp3) is 0.579. The number of carbonyl (C=O) groups is 2. The molecule has 0 saturated carbocycles. The van der Waals surface area contributed by atoms with Gasteiger partial charge in [0.2, 0.25) is 0 Å². The summed E-state index contributed by atoms with van der Waals surface area (Å²) < 4.78 is 0. The molecule has 5 heteroatoms. The van der Waals surface area contributed by atoms with Crippen LogP contribution in [0.4, 0.5) is 0 Å². The first-order chi connectivity index (χ1) is 11.1. The number of likely N-dealkylation sites (N-methyl/N-ethyl adjacent to an activating group) is 2. The van der Waals surface area contributed by atoms with E-state index in [0.717, 1.165) is 16.9 Å². The number of rotatable bonds is 7. The smallest absolute Gasteiger partial charge is 0.277 e. The van der Waals surface area contributed by atoms with Crippen LogP contribution in [0.3, 0.4) is 0 Å². The second-order valence-electron chi connectivity index (χ2n) is 7.53. The van der Waals surface area contributed by atoms with Gasteiger partial charge >= 0.3 is 0 Å². The third kappa shape index (κ3) is 7.59. The summed E-state index contributed by atoms with van der Waals surface area (Å²) in [6.07, 6.45) is 1.01. The van der Waals surface area contributed by atoms with Gasteiger partial charge in [-0.2, -0.15) is 0 Å². The fourth-order valence-electron chi connectivity index (χ4n) is 2.43. The molecule has 134 valence electrons. The van der Waals surface area contributed by atoms with Gasteiger partial charge in [-0.25, -0.2) is 0 Å². The van der Waals surface area contributed by atoms with Crippen molar-refractivity contribution in [1.29, 1.82) is 0 Å². The van der Waals surface area contributed by atoms with Gasteiger partial charge < -0.3 is 15.1 Å². The third-order valence-electron chi connectivity index (χ3n) is 3.71. The van der Waals surface area contributed by atoms with Crippen molar-refractivity contribution in [3.8, 4) is 0 Å². The highest BCUT2D eigenvalue weighted by Gasteiger charge is 2.20. The molecule has 1 aromatic carbocycles. The van der Waals surface area contributed by atoms with Crippen LogP contribution in [0.25, 0.3) is 0 Å². The van der Waals surface area contributed by atoms with E-state index in [1.807, 2.05) is 27.8 Å². The second kappa shape index (κ2) is 8.83. The topological polar surface area (TPSA) is 53.9 Å². The minimum absolute atomic E-state index is 0.0365. The van der Waals surface area contributed by atoms with Gasteiger partial charge in [0.25, 0.3) is 11.8 Å². The van der Waals surface area contributed by atoms with Gasteiger partial charge in [-0.3, -0.25) is 9.59 Å². The average molecular weight is 334 g/mol. The lowest BCUT2D eigenvalue weighted by atomic mass is 10.1. The van der Waals surface area contributed by atoms with Gasteiger partial charge in [0.05, 0.1) is 7.05 Å². The first-order valence-corrected chi connectivity index (χ1v) is 8.55. The summed E-state index contributed by atoms with van der Waals surface area (Å²) in [6.45, 7) is 9.15. The Balaban J connectivity index is 2.46. The summed E-state index contributed by atoms with van der Waals surface area (Å²) in [7, 11) is 3.67. The Morgan fingerprint density at radius 3 is 2.12 bits per heavy atom. The molecule has 1 rings (SSSR count). The molecule has 0 radical (unpaired) electrons. The highest BCUT2D eigenvalue weighted by molar-refractivity contribution is 5.79. The van der Waals surface area contributed by atoms with Gasteiger partial charge in [0.15, 0.2) is 13.1 Å². The van der Waals surface area contributed by atoms with Gasteiger partial charge in [-0.15, -0.1) is 0 Å². The highest BCUT2D eigenvalue weighted by atomic mass is 16.2. The lowest BCUT2D eigenvalue weighted by molar-refractivity contribution is -0.863. The molecule has 2 N–H and O–H groups in total. The van der Waals surface area contributed by atoms with Gasteiger partial charge in [-0.1, -0.05) is 31.2 Å². The molecule has 0 heterocycles. The average Bonchev–Trinajstić information content (AvgIpc) is 2.45.